The molecule has 7 nitrogen and oxygen atoms in total. The number of benzene rings is 2. The number of carbonyl (C=O) groups excluding carboxylic acids is 1. The number of amides is 1. The van der Waals surface area contributed by atoms with Crippen LogP contribution in [0.3, 0.4) is 0 Å². The number of aromatic nitrogens is 2. The molecule has 1 aliphatic heterocycles. The molecule has 0 aliphatic carbocycles. The monoisotopic (exact) mass is 393 g/mol. The van der Waals surface area contributed by atoms with Gasteiger partial charge in [-0.1, -0.05) is 36.7 Å². The molecule has 2 heterocycles. The Labute approximate surface area is 169 Å². The van der Waals surface area contributed by atoms with E-state index < -0.39 is 0 Å². The van der Waals surface area contributed by atoms with Gasteiger partial charge in [-0.2, -0.15) is 4.98 Å². The van der Waals surface area contributed by atoms with Crippen LogP contribution in [0.4, 0.5) is 0 Å². The molecular weight excluding hydrogens is 370 g/mol. The van der Waals surface area contributed by atoms with Gasteiger partial charge < -0.3 is 18.9 Å². The molecule has 0 radical (unpaired) electrons. The van der Waals surface area contributed by atoms with Gasteiger partial charge in [0.05, 0.1) is 0 Å². The van der Waals surface area contributed by atoms with E-state index in [0.29, 0.717) is 48.3 Å². The highest BCUT2D eigenvalue weighted by molar-refractivity contribution is 5.94. The topological polar surface area (TPSA) is 77.7 Å². The van der Waals surface area contributed by atoms with Crippen LogP contribution in [-0.4, -0.2) is 40.8 Å². The van der Waals surface area contributed by atoms with Gasteiger partial charge in [0.15, 0.2) is 11.5 Å². The van der Waals surface area contributed by atoms with Crippen LogP contribution in [0.15, 0.2) is 53.1 Å². The van der Waals surface area contributed by atoms with Crippen molar-refractivity contribution >= 4 is 5.91 Å². The Morgan fingerprint density at radius 2 is 1.90 bits per heavy atom. The zero-order valence-electron chi connectivity index (χ0n) is 16.3. The molecule has 3 aromatic rings. The van der Waals surface area contributed by atoms with E-state index in [1.165, 1.54) is 0 Å². The maximum atomic E-state index is 12.8. The second kappa shape index (κ2) is 8.77. The summed E-state index contributed by atoms with van der Waals surface area (Å²) in [5, 5.41) is 4.07. The molecular formula is C22H23N3O4. The summed E-state index contributed by atoms with van der Waals surface area (Å²) in [4.78, 5) is 19.2. The van der Waals surface area contributed by atoms with Crippen LogP contribution < -0.4 is 9.47 Å². The SMILES string of the molecule is CCCCN(CCc1nc(-c2ccc3c(c2)OCO3)no1)C(=O)c1ccccc1. The minimum absolute atomic E-state index is 0.0227. The Balaban J connectivity index is 1.43. The Morgan fingerprint density at radius 3 is 2.72 bits per heavy atom. The van der Waals surface area contributed by atoms with E-state index in [4.69, 9.17) is 14.0 Å². The lowest BCUT2D eigenvalue weighted by Gasteiger charge is -2.22. The molecule has 7 heteroatoms. The molecule has 0 saturated heterocycles. The normalized spacial score (nSPS) is 12.2. The van der Waals surface area contributed by atoms with Crippen LogP contribution in [0.2, 0.25) is 0 Å². The molecule has 4 rings (SSSR count). The first-order valence-electron chi connectivity index (χ1n) is 9.81. The van der Waals surface area contributed by atoms with Crippen LogP contribution in [0.5, 0.6) is 11.5 Å². The van der Waals surface area contributed by atoms with Crippen LogP contribution >= 0.6 is 0 Å². The Morgan fingerprint density at radius 1 is 1.07 bits per heavy atom. The van der Waals surface area contributed by atoms with Gasteiger partial charge in [-0.05, 0) is 36.8 Å². The number of rotatable bonds is 8. The molecule has 0 spiro atoms. The summed E-state index contributed by atoms with van der Waals surface area (Å²) in [6.07, 6.45) is 2.47. The molecule has 0 saturated carbocycles. The third-order valence-corrected chi connectivity index (χ3v) is 4.78. The largest absolute Gasteiger partial charge is 0.454 e. The van der Waals surface area contributed by atoms with E-state index in [9.17, 15) is 4.79 Å². The van der Waals surface area contributed by atoms with E-state index in [0.717, 1.165) is 18.4 Å². The van der Waals surface area contributed by atoms with Gasteiger partial charge in [0.2, 0.25) is 18.5 Å². The number of carbonyl (C=O) groups is 1. The van der Waals surface area contributed by atoms with Gasteiger partial charge in [-0.25, -0.2) is 0 Å². The molecule has 2 aromatic carbocycles. The molecule has 0 N–H and O–H groups in total. The fraction of sp³-hybridized carbons (Fsp3) is 0.318. The fourth-order valence-corrected chi connectivity index (χ4v) is 3.17. The minimum atomic E-state index is 0.0227. The summed E-state index contributed by atoms with van der Waals surface area (Å²) in [7, 11) is 0. The van der Waals surface area contributed by atoms with Gasteiger partial charge in [-0.3, -0.25) is 4.79 Å². The van der Waals surface area contributed by atoms with E-state index in [2.05, 4.69) is 17.1 Å². The number of hydrogen-bond acceptors (Lipinski definition) is 6. The fourth-order valence-electron chi connectivity index (χ4n) is 3.17. The highest BCUT2D eigenvalue weighted by atomic mass is 16.7. The van der Waals surface area contributed by atoms with E-state index in [-0.39, 0.29) is 12.7 Å². The summed E-state index contributed by atoms with van der Waals surface area (Å²) >= 11 is 0. The molecule has 0 fully saturated rings. The highest BCUT2D eigenvalue weighted by Gasteiger charge is 2.19. The third-order valence-electron chi connectivity index (χ3n) is 4.78. The second-order valence-corrected chi connectivity index (χ2v) is 6.84. The summed E-state index contributed by atoms with van der Waals surface area (Å²) in [5.41, 5.74) is 1.49. The highest BCUT2D eigenvalue weighted by Crippen LogP contribution is 2.35. The van der Waals surface area contributed by atoms with Gasteiger partial charge >= 0.3 is 0 Å². The maximum Gasteiger partial charge on any atom is 0.253 e. The van der Waals surface area contributed by atoms with Crippen molar-refractivity contribution in [2.45, 2.75) is 26.2 Å². The van der Waals surface area contributed by atoms with E-state index in [1.54, 1.807) is 0 Å². The van der Waals surface area contributed by atoms with Gasteiger partial charge in [0.25, 0.3) is 5.91 Å². The van der Waals surface area contributed by atoms with Crippen molar-refractivity contribution in [1.82, 2.24) is 15.0 Å². The van der Waals surface area contributed by atoms with Gasteiger partial charge in [-0.15, -0.1) is 0 Å². The van der Waals surface area contributed by atoms with Crippen molar-refractivity contribution in [1.29, 1.82) is 0 Å². The first kappa shape index (κ1) is 19.0. The Bertz CT molecular complexity index is 971. The van der Waals surface area contributed by atoms with Crippen molar-refractivity contribution in [3.05, 3.63) is 60.0 Å². The van der Waals surface area contributed by atoms with E-state index in [1.807, 2.05) is 53.4 Å². The Hall–Kier alpha value is -3.35. The molecule has 0 atom stereocenters. The van der Waals surface area contributed by atoms with Gasteiger partial charge in [0, 0.05) is 30.6 Å². The number of fused-ring (bicyclic) bond motifs is 1. The van der Waals surface area contributed by atoms with Crippen molar-refractivity contribution < 1.29 is 18.8 Å². The summed E-state index contributed by atoms with van der Waals surface area (Å²) < 4.78 is 16.1. The lowest BCUT2D eigenvalue weighted by Crippen LogP contribution is -2.33. The molecule has 0 unspecified atom stereocenters. The minimum Gasteiger partial charge on any atom is -0.454 e. The van der Waals surface area contributed by atoms with Crippen molar-refractivity contribution in [2.75, 3.05) is 19.9 Å². The number of unbranched alkanes of at least 4 members (excludes halogenated alkanes) is 1. The van der Waals surface area contributed by atoms with Crippen LogP contribution in [-0.2, 0) is 6.42 Å². The zero-order valence-corrected chi connectivity index (χ0v) is 16.3. The quantitative estimate of drug-likeness (QED) is 0.577. The van der Waals surface area contributed by atoms with Crippen LogP contribution in [0.25, 0.3) is 11.4 Å². The molecule has 1 aliphatic rings. The summed E-state index contributed by atoms with van der Waals surface area (Å²) in [5.74, 6) is 2.40. The van der Waals surface area contributed by atoms with Crippen LogP contribution in [0, 0.1) is 0 Å². The van der Waals surface area contributed by atoms with E-state index >= 15 is 0 Å². The second-order valence-electron chi connectivity index (χ2n) is 6.84. The number of nitrogens with zero attached hydrogens (tertiary/aromatic N) is 3. The standard InChI is InChI=1S/C22H23N3O4/c1-2-3-12-25(22(26)16-7-5-4-6-8-16)13-11-20-23-21(24-29-20)17-9-10-18-19(14-17)28-15-27-18/h4-10,14H,2-3,11-13,15H2,1H3. The zero-order chi connectivity index (χ0) is 20.1. The molecule has 0 bridgehead atoms. The summed E-state index contributed by atoms with van der Waals surface area (Å²) in [6, 6.07) is 14.9. The number of hydrogen-bond donors (Lipinski definition) is 0. The predicted octanol–water partition coefficient (Wildman–Crippen LogP) is 3.95. The number of ether oxygens (including phenoxy) is 2. The molecule has 1 amide bonds. The average molecular weight is 393 g/mol. The Kier molecular flexibility index (Phi) is 5.74. The van der Waals surface area contributed by atoms with Crippen molar-refractivity contribution in [2.24, 2.45) is 0 Å². The van der Waals surface area contributed by atoms with Crippen molar-refractivity contribution in [3.63, 3.8) is 0 Å². The first-order chi connectivity index (χ1) is 14.2. The molecule has 29 heavy (non-hydrogen) atoms. The smallest absolute Gasteiger partial charge is 0.253 e. The maximum absolute atomic E-state index is 12.8. The van der Waals surface area contributed by atoms with Gasteiger partial charge in [0.1, 0.15) is 0 Å². The predicted molar refractivity (Wildman–Crippen MR) is 107 cm³/mol. The molecule has 150 valence electrons. The summed E-state index contributed by atoms with van der Waals surface area (Å²) in [6.45, 7) is 3.56. The molecule has 1 aromatic heterocycles. The van der Waals surface area contributed by atoms with Crippen molar-refractivity contribution in [3.8, 4) is 22.9 Å². The third kappa shape index (κ3) is 4.39. The lowest BCUT2D eigenvalue weighted by atomic mass is 10.2. The average Bonchev–Trinajstić information content (AvgIpc) is 3.43. The van der Waals surface area contributed by atoms with Crippen LogP contribution in [0.1, 0.15) is 36.0 Å². The lowest BCUT2D eigenvalue weighted by molar-refractivity contribution is 0.0752. The first-order valence-corrected chi connectivity index (χ1v) is 9.81.